The molecule has 0 N–H and O–H groups in total. The second-order valence-electron chi connectivity index (χ2n) is 4.38. The van der Waals surface area contributed by atoms with E-state index in [1.165, 1.54) is 18.2 Å². The summed E-state index contributed by atoms with van der Waals surface area (Å²) in [6, 6.07) is 0. The fourth-order valence-electron chi connectivity index (χ4n) is 1.93. The molecule has 1 atom stereocenters. The van der Waals surface area contributed by atoms with E-state index >= 15 is 0 Å². The van der Waals surface area contributed by atoms with Gasteiger partial charge in [-0.25, -0.2) is 0 Å². The summed E-state index contributed by atoms with van der Waals surface area (Å²) in [6.07, 6.45) is 2.30. The summed E-state index contributed by atoms with van der Waals surface area (Å²) in [7, 11) is 0. The maximum atomic E-state index is 11.8. The van der Waals surface area contributed by atoms with Gasteiger partial charge in [0.1, 0.15) is 0 Å². The third-order valence-electron chi connectivity index (χ3n) is 2.76. The van der Waals surface area contributed by atoms with Crippen molar-refractivity contribution >= 4 is 23.6 Å². The van der Waals surface area contributed by atoms with Crippen LogP contribution in [0.1, 0.15) is 26.7 Å². The van der Waals surface area contributed by atoms with Crippen LogP contribution in [-0.4, -0.2) is 48.0 Å². The van der Waals surface area contributed by atoms with Crippen molar-refractivity contribution in [3.63, 3.8) is 0 Å². The Morgan fingerprint density at radius 1 is 1.41 bits per heavy atom. The van der Waals surface area contributed by atoms with Crippen molar-refractivity contribution in [2.45, 2.75) is 26.7 Å². The Bertz CT molecular complexity index is 270. The van der Waals surface area contributed by atoms with Gasteiger partial charge in [-0.3, -0.25) is 9.59 Å². The second kappa shape index (κ2) is 7.58. The Morgan fingerprint density at radius 2 is 2.18 bits per heavy atom. The normalized spacial score (nSPS) is 20.1. The average Bonchev–Trinajstić information content (AvgIpc) is 2.29. The van der Waals surface area contributed by atoms with Crippen molar-refractivity contribution in [1.82, 2.24) is 4.90 Å². The van der Waals surface area contributed by atoms with Crippen LogP contribution in [0.4, 0.5) is 0 Å². The molecule has 1 fully saturated rings. The molecule has 98 valence electrons. The molecule has 1 rings (SSSR count). The summed E-state index contributed by atoms with van der Waals surface area (Å²) >= 11 is 1.34. The Labute approximate surface area is 107 Å². The molecule has 0 bridgehead atoms. The molecule has 0 radical (unpaired) electrons. The summed E-state index contributed by atoms with van der Waals surface area (Å²) in [5.41, 5.74) is 0. The Hall–Kier alpha value is -0.710. The zero-order chi connectivity index (χ0) is 12.7. The van der Waals surface area contributed by atoms with Crippen molar-refractivity contribution in [2.24, 2.45) is 5.92 Å². The van der Waals surface area contributed by atoms with Gasteiger partial charge in [-0.15, -0.1) is 11.8 Å². The van der Waals surface area contributed by atoms with Gasteiger partial charge in [0.25, 0.3) is 0 Å². The number of hydrogen-bond donors (Lipinski definition) is 0. The number of hydrogen-bond acceptors (Lipinski definition) is 4. The highest BCUT2D eigenvalue weighted by Crippen LogP contribution is 2.16. The topological polar surface area (TPSA) is 46.6 Å². The van der Waals surface area contributed by atoms with Crippen LogP contribution in [0.25, 0.3) is 0 Å². The lowest BCUT2D eigenvalue weighted by Crippen LogP contribution is -2.40. The van der Waals surface area contributed by atoms with Gasteiger partial charge in [0.05, 0.1) is 18.1 Å². The molecular weight excluding hydrogens is 238 g/mol. The first-order valence-electron chi connectivity index (χ1n) is 6.14. The number of amides is 1. The number of esters is 1. The largest absolute Gasteiger partial charge is 0.465 e. The number of carbonyl (C=O) groups excluding carboxylic acids is 2. The van der Waals surface area contributed by atoms with Crippen LogP contribution in [0, 0.1) is 5.92 Å². The van der Waals surface area contributed by atoms with Gasteiger partial charge in [-0.1, -0.05) is 6.92 Å². The van der Waals surface area contributed by atoms with Crippen molar-refractivity contribution in [3.8, 4) is 0 Å². The van der Waals surface area contributed by atoms with E-state index < -0.39 is 0 Å². The number of nitrogens with zero attached hydrogens (tertiary/aromatic N) is 1. The van der Waals surface area contributed by atoms with E-state index in [1.54, 1.807) is 6.92 Å². The van der Waals surface area contributed by atoms with Gasteiger partial charge in [0.15, 0.2) is 0 Å². The lowest BCUT2D eigenvalue weighted by Gasteiger charge is -2.30. The van der Waals surface area contributed by atoms with E-state index in [0.717, 1.165) is 19.5 Å². The molecule has 0 spiro atoms. The highest BCUT2D eigenvalue weighted by Gasteiger charge is 2.20. The van der Waals surface area contributed by atoms with E-state index in [0.29, 0.717) is 18.3 Å². The van der Waals surface area contributed by atoms with Gasteiger partial charge in [-0.2, -0.15) is 0 Å². The van der Waals surface area contributed by atoms with E-state index in [9.17, 15) is 9.59 Å². The molecule has 0 aromatic carbocycles. The fourth-order valence-corrected chi connectivity index (χ4v) is 2.64. The van der Waals surface area contributed by atoms with Crippen LogP contribution >= 0.6 is 11.8 Å². The highest BCUT2D eigenvalue weighted by molar-refractivity contribution is 8.00. The molecule has 0 aromatic heterocycles. The summed E-state index contributed by atoms with van der Waals surface area (Å²) < 4.78 is 4.80. The molecule has 0 aromatic rings. The van der Waals surface area contributed by atoms with Gasteiger partial charge < -0.3 is 9.64 Å². The molecule has 0 aliphatic carbocycles. The minimum Gasteiger partial charge on any atom is -0.465 e. The molecule has 1 aliphatic rings. The first kappa shape index (κ1) is 14.4. The number of piperidine rings is 1. The van der Waals surface area contributed by atoms with Crippen molar-refractivity contribution in [1.29, 1.82) is 0 Å². The Morgan fingerprint density at radius 3 is 2.82 bits per heavy atom. The predicted octanol–water partition coefficient (Wildman–Crippen LogP) is 1.54. The molecule has 4 nitrogen and oxygen atoms in total. The van der Waals surface area contributed by atoms with Crippen LogP contribution in [0.15, 0.2) is 0 Å². The summed E-state index contributed by atoms with van der Waals surface area (Å²) in [4.78, 5) is 24.8. The van der Waals surface area contributed by atoms with Crippen molar-refractivity contribution < 1.29 is 14.3 Å². The number of rotatable bonds is 5. The fraction of sp³-hybridized carbons (Fsp3) is 0.833. The monoisotopic (exact) mass is 259 g/mol. The van der Waals surface area contributed by atoms with E-state index in [2.05, 4.69) is 6.92 Å². The molecule has 0 saturated carbocycles. The van der Waals surface area contributed by atoms with Gasteiger partial charge >= 0.3 is 5.97 Å². The minimum atomic E-state index is -0.239. The third-order valence-corrected chi connectivity index (χ3v) is 3.65. The van der Waals surface area contributed by atoms with Crippen LogP contribution in [0.2, 0.25) is 0 Å². The lowest BCUT2D eigenvalue weighted by atomic mass is 10.0. The molecule has 1 saturated heterocycles. The summed E-state index contributed by atoms with van der Waals surface area (Å²) in [5.74, 6) is 1.15. The number of likely N-dealkylation sites (tertiary alicyclic amines) is 1. The molecular formula is C12H21NO3S. The number of ether oxygens (including phenoxy) is 1. The Balaban J connectivity index is 2.18. The van der Waals surface area contributed by atoms with Crippen molar-refractivity contribution in [2.75, 3.05) is 31.2 Å². The van der Waals surface area contributed by atoms with Crippen LogP contribution in [0.5, 0.6) is 0 Å². The average molecular weight is 259 g/mol. The summed E-state index contributed by atoms with van der Waals surface area (Å²) in [6.45, 7) is 6.08. The van der Waals surface area contributed by atoms with E-state index in [-0.39, 0.29) is 17.6 Å². The quantitative estimate of drug-likeness (QED) is 0.703. The van der Waals surface area contributed by atoms with Crippen LogP contribution in [-0.2, 0) is 14.3 Å². The van der Waals surface area contributed by atoms with Crippen LogP contribution < -0.4 is 0 Å². The van der Waals surface area contributed by atoms with Gasteiger partial charge in [0.2, 0.25) is 5.91 Å². The minimum absolute atomic E-state index is 0.144. The van der Waals surface area contributed by atoms with E-state index in [4.69, 9.17) is 4.74 Å². The molecule has 17 heavy (non-hydrogen) atoms. The highest BCUT2D eigenvalue weighted by atomic mass is 32.2. The molecule has 1 unspecified atom stereocenters. The van der Waals surface area contributed by atoms with Crippen molar-refractivity contribution in [3.05, 3.63) is 0 Å². The predicted molar refractivity (Wildman–Crippen MR) is 68.9 cm³/mol. The first-order valence-corrected chi connectivity index (χ1v) is 7.30. The number of thioether (sulfide) groups is 1. The molecule has 1 aliphatic heterocycles. The van der Waals surface area contributed by atoms with E-state index in [1.807, 2.05) is 4.90 Å². The standard InChI is InChI=1S/C12H21NO3S/c1-3-16-12(15)9-17-8-11(14)13-6-4-5-10(2)7-13/h10H,3-9H2,1-2H3. The molecule has 5 heteroatoms. The molecule has 1 amide bonds. The number of carbonyl (C=O) groups is 2. The van der Waals surface area contributed by atoms with Crippen LogP contribution in [0.3, 0.4) is 0 Å². The second-order valence-corrected chi connectivity index (χ2v) is 5.37. The summed E-state index contributed by atoms with van der Waals surface area (Å²) in [5, 5.41) is 0. The third kappa shape index (κ3) is 5.44. The maximum absolute atomic E-state index is 11.8. The smallest absolute Gasteiger partial charge is 0.315 e. The SMILES string of the molecule is CCOC(=O)CSCC(=O)N1CCCC(C)C1. The maximum Gasteiger partial charge on any atom is 0.315 e. The zero-order valence-electron chi connectivity index (χ0n) is 10.6. The Kier molecular flexibility index (Phi) is 6.40. The molecule has 1 heterocycles. The zero-order valence-corrected chi connectivity index (χ0v) is 11.4. The van der Waals surface area contributed by atoms with Gasteiger partial charge in [0, 0.05) is 13.1 Å². The van der Waals surface area contributed by atoms with Gasteiger partial charge in [-0.05, 0) is 25.7 Å². The lowest BCUT2D eigenvalue weighted by molar-refractivity contribution is -0.139. The first-order chi connectivity index (χ1) is 8.13.